The van der Waals surface area contributed by atoms with E-state index in [1.807, 2.05) is 32.0 Å². The first kappa shape index (κ1) is 26.6. The van der Waals surface area contributed by atoms with Crippen molar-refractivity contribution >= 4 is 17.9 Å². The van der Waals surface area contributed by atoms with E-state index in [4.69, 9.17) is 4.74 Å². The molecule has 0 radical (unpaired) electrons. The summed E-state index contributed by atoms with van der Waals surface area (Å²) in [6.45, 7) is 8.34. The number of ether oxygens (including phenoxy) is 1. The third-order valence-corrected chi connectivity index (χ3v) is 5.84. The summed E-state index contributed by atoms with van der Waals surface area (Å²) < 4.78 is 5.22. The molecule has 3 amide bonds. The fraction of sp³-hybridized carbons (Fsp3) is 0.640. The molecule has 0 saturated heterocycles. The van der Waals surface area contributed by atoms with Crippen LogP contribution >= 0.6 is 0 Å². The number of amides is 3. The maximum atomic E-state index is 13.5. The average molecular weight is 462 g/mol. The summed E-state index contributed by atoms with van der Waals surface area (Å²) in [7, 11) is 1.52. The Morgan fingerprint density at radius 2 is 1.79 bits per heavy atom. The van der Waals surface area contributed by atoms with Crippen LogP contribution in [0.2, 0.25) is 0 Å². The van der Waals surface area contributed by atoms with Gasteiger partial charge in [0.05, 0.1) is 6.61 Å². The molecule has 1 aliphatic rings. The van der Waals surface area contributed by atoms with E-state index in [-0.39, 0.29) is 11.9 Å². The molecule has 1 fully saturated rings. The van der Waals surface area contributed by atoms with Gasteiger partial charge in [-0.1, -0.05) is 43.0 Å². The van der Waals surface area contributed by atoms with Crippen LogP contribution in [0.15, 0.2) is 18.2 Å². The lowest BCUT2D eigenvalue weighted by Gasteiger charge is -2.33. The van der Waals surface area contributed by atoms with Gasteiger partial charge in [0.1, 0.15) is 17.7 Å². The van der Waals surface area contributed by atoms with Gasteiger partial charge < -0.3 is 25.4 Å². The van der Waals surface area contributed by atoms with Crippen LogP contribution in [0.1, 0.15) is 75.6 Å². The van der Waals surface area contributed by atoms with Crippen LogP contribution in [0, 0.1) is 13.8 Å². The molecule has 2 atom stereocenters. The maximum Gasteiger partial charge on any atom is 0.408 e. The molecule has 8 nitrogen and oxygen atoms in total. The Bertz CT molecular complexity index is 843. The molecule has 184 valence electrons. The zero-order chi connectivity index (χ0) is 24.8. The van der Waals surface area contributed by atoms with Gasteiger partial charge in [0.2, 0.25) is 11.8 Å². The standard InChI is InChI=1S/C25H39N3O5/c1-16-12-13-17(2)19(14-16)21(22(30)26-18-10-8-7-9-11-18)28(6)23(31)20(15-29)27-24(32)33-25(3,4)5/h12-14,18,20-21,29H,7-11,15H2,1-6H3,(H,26,30)(H,27,32). The van der Waals surface area contributed by atoms with Crippen LogP contribution in [0.4, 0.5) is 4.79 Å². The predicted molar refractivity (Wildman–Crippen MR) is 127 cm³/mol. The Kier molecular flexibility index (Phi) is 9.28. The van der Waals surface area contributed by atoms with E-state index in [9.17, 15) is 19.5 Å². The highest BCUT2D eigenvalue weighted by molar-refractivity contribution is 5.92. The van der Waals surface area contributed by atoms with Crippen molar-refractivity contribution in [2.75, 3.05) is 13.7 Å². The number of aliphatic hydroxyl groups is 1. The molecule has 2 unspecified atom stereocenters. The van der Waals surface area contributed by atoms with Crippen molar-refractivity contribution < 1.29 is 24.2 Å². The third-order valence-electron chi connectivity index (χ3n) is 5.84. The number of alkyl carbamates (subject to hydrolysis) is 1. The van der Waals surface area contributed by atoms with Crippen molar-refractivity contribution in [3.8, 4) is 0 Å². The molecule has 8 heteroatoms. The second-order valence-corrected chi connectivity index (χ2v) is 9.94. The maximum absolute atomic E-state index is 13.5. The minimum Gasteiger partial charge on any atom is -0.444 e. The van der Waals surface area contributed by atoms with E-state index in [2.05, 4.69) is 10.6 Å². The monoisotopic (exact) mass is 461 g/mol. The first-order chi connectivity index (χ1) is 15.4. The summed E-state index contributed by atoms with van der Waals surface area (Å²) in [5, 5.41) is 15.4. The van der Waals surface area contributed by atoms with E-state index in [1.54, 1.807) is 20.8 Å². The molecule has 0 spiro atoms. The molecule has 1 saturated carbocycles. The number of hydrogen-bond acceptors (Lipinski definition) is 5. The third kappa shape index (κ3) is 7.74. The normalized spacial score (nSPS) is 16.5. The molecule has 2 rings (SSSR count). The molecule has 0 bridgehead atoms. The zero-order valence-corrected chi connectivity index (χ0v) is 20.7. The number of likely N-dealkylation sites (N-methyl/N-ethyl adjacent to an activating group) is 1. The molecule has 0 heterocycles. The number of carbonyl (C=O) groups excluding carboxylic acids is 3. The summed E-state index contributed by atoms with van der Waals surface area (Å²) in [4.78, 5) is 40.3. The molecule has 1 aliphatic carbocycles. The van der Waals surface area contributed by atoms with Crippen molar-refractivity contribution in [2.45, 2.75) is 90.4 Å². The number of hydrogen-bond donors (Lipinski definition) is 3. The quantitative estimate of drug-likeness (QED) is 0.578. The van der Waals surface area contributed by atoms with Gasteiger partial charge >= 0.3 is 6.09 Å². The van der Waals surface area contributed by atoms with Gasteiger partial charge in [0.15, 0.2) is 0 Å². The minimum atomic E-state index is -1.24. The van der Waals surface area contributed by atoms with Gasteiger partial charge in [-0.3, -0.25) is 9.59 Å². The van der Waals surface area contributed by atoms with Crippen molar-refractivity contribution in [3.05, 3.63) is 34.9 Å². The lowest BCUT2D eigenvalue weighted by molar-refractivity contribution is -0.141. The summed E-state index contributed by atoms with van der Waals surface area (Å²) in [5.74, 6) is -0.839. The number of aryl methyl sites for hydroxylation is 2. The smallest absolute Gasteiger partial charge is 0.408 e. The number of benzene rings is 1. The van der Waals surface area contributed by atoms with Gasteiger partial charge in [0, 0.05) is 13.1 Å². The Labute approximate surface area is 197 Å². The van der Waals surface area contributed by atoms with Crippen LogP contribution in [0.5, 0.6) is 0 Å². The van der Waals surface area contributed by atoms with Gasteiger partial charge in [-0.05, 0) is 58.6 Å². The zero-order valence-electron chi connectivity index (χ0n) is 20.7. The number of nitrogens with one attached hydrogen (secondary N) is 2. The van der Waals surface area contributed by atoms with Crippen molar-refractivity contribution in [1.82, 2.24) is 15.5 Å². The fourth-order valence-corrected chi connectivity index (χ4v) is 4.12. The van der Waals surface area contributed by atoms with Crippen LogP contribution in [-0.4, -0.2) is 59.3 Å². The Morgan fingerprint density at radius 1 is 1.15 bits per heavy atom. The van der Waals surface area contributed by atoms with E-state index in [1.165, 1.54) is 18.4 Å². The van der Waals surface area contributed by atoms with Crippen LogP contribution in [-0.2, 0) is 14.3 Å². The van der Waals surface area contributed by atoms with Crippen molar-refractivity contribution in [1.29, 1.82) is 0 Å². The van der Waals surface area contributed by atoms with Gasteiger partial charge in [-0.2, -0.15) is 0 Å². The number of rotatable bonds is 7. The highest BCUT2D eigenvalue weighted by Gasteiger charge is 2.35. The Morgan fingerprint density at radius 3 is 2.36 bits per heavy atom. The lowest BCUT2D eigenvalue weighted by atomic mass is 9.93. The molecule has 0 aliphatic heterocycles. The fourth-order valence-electron chi connectivity index (χ4n) is 4.12. The Balaban J connectivity index is 2.30. The van der Waals surface area contributed by atoms with Gasteiger partial charge in [-0.15, -0.1) is 0 Å². The van der Waals surface area contributed by atoms with Crippen LogP contribution < -0.4 is 10.6 Å². The van der Waals surface area contributed by atoms with Crippen molar-refractivity contribution in [3.63, 3.8) is 0 Å². The molecule has 33 heavy (non-hydrogen) atoms. The number of aliphatic hydroxyl groups excluding tert-OH is 1. The second kappa shape index (κ2) is 11.5. The van der Waals surface area contributed by atoms with Gasteiger partial charge in [-0.25, -0.2) is 4.79 Å². The highest BCUT2D eigenvalue weighted by Crippen LogP contribution is 2.27. The molecular weight excluding hydrogens is 422 g/mol. The molecular formula is C25H39N3O5. The summed E-state index contributed by atoms with van der Waals surface area (Å²) >= 11 is 0. The first-order valence-corrected chi connectivity index (χ1v) is 11.7. The van der Waals surface area contributed by atoms with E-state index < -0.39 is 36.3 Å². The highest BCUT2D eigenvalue weighted by atomic mass is 16.6. The Hall–Kier alpha value is -2.61. The SMILES string of the molecule is Cc1ccc(C)c(C(C(=O)NC2CCCCC2)N(C)C(=O)C(CO)NC(=O)OC(C)(C)C)c1. The average Bonchev–Trinajstić information content (AvgIpc) is 2.73. The molecule has 0 aromatic heterocycles. The summed E-state index contributed by atoms with van der Waals surface area (Å²) in [6, 6.07) is 3.73. The lowest BCUT2D eigenvalue weighted by Crippen LogP contribution is -2.54. The van der Waals surface area contributed by atoms with E-state index >= 15 is 0 Å². The van der Waals surface area contributed by atoms with Crippen molar-refractivity contribution in [2.24, 2.45) is 0 Å². The molecule has 1 aromatic carbocycles. The van der Waals surface area contributed by atoms with E-state index in [0.717, 1.165) is 36.8 Å². The summed E-state index contributed by atoms with van der Waals surface area (Å²) in [6.07, 6.45) is 4.34. The summed E-state index contributed by atoms with van der Waals surface area (Å²) in [5.41, 5.74) is 1.82. The number of nitrogens with zero attached hydrogens (tertiary/aromatic N) is 1. The topological polar surface area (TPSA) is 108 Å². The number of carbonyl (C=O) groups is 3. The second-order valence-electron chi connectivity index (χ2n) is 9.94. The minimum absolute atomic E-state index is 0.0795. The van der Waals surface area contributed by atoms with Gasteiger partial charge in [0.25, 0.3) is 0 Å². The largest absolute Gasteiger partial charge is 0.444 e. The molecule has 3 N–H and O–H groups in total. The molecule has 1 aromatic rings. The predicted octanol–water partition coefficient (Wildman–Crippen LogP) is 3.14. The van der Waals surface area contributed by atoms with Crippen LogP contribution in [0.3, 0.4) is 0 Å². The first-order valence-electron chi connectivity index (χ1n) is 11.7. The van der Waals surface area contributed by atoms with E-state index in [0.29, 0.717) is 5.56 Å². The van der Waals surface area contributed by atoms with Crippen LogP contribution in [0.25, 0.3) is 0 Å².